The number of hydrogen-bond donors (Lipinski definition) is 0. The standard InChI is InChI=1S/C16H17ClFN3O2/c1-3-4-11(9-22-2)15-20-8-14(18)16(21-15)23-10-13-6-5-12(17)7-19-13/h5-9H,3-4,10H2,1-2H3/b11-9+. The van der Waals surface area contributed by atoms with Crippen LogP contribution in [0.3, 0.4) is 0 Å². The molecular weight excluding hydrogens is 321 g/mol. The van der Waals surface area contributed by atoms with Crippen LogP contribution in [0.4, 0.5) is 4.39 Å². The molecule has 0 aliphatic carbocycles. The van der Waals surface area contributed by atoms with Crippen molar-refractivity contribution < 1.29 is 13.9 Å². The molecule has 0 spiro atoms. The molecule has 2 heterocycles. The van der Waals surface area contributed by atoms with Crippen LogP contribution in [0.1, 0.15) is 31.3 Å². The van der Waals surface area contributed by atoms with Gasteiger partial charge in [-0.3, -0.25) is 4.98 Å². The minimum absolute atomic E-state index is 0.0850. The van der Waals surface area contributed by atoms with Crippen molar-refractivity contribution in [2.75, 3.05) is 7.11 Å². The van der Waals surface area contributed by atoms with Crippen LogP contribution in [0.2, 0.25) is 5.02 Å². The van der Waals surface area contributed by atoms with Gasteiger partial charge in [-0.1, -0.05) is 24.9 Å². The summed E-state index contributed by atoms with van der Waals surface area (Å²) in [7, 11) is 1.54. The number of nitrogens with zero attached hydrogens (tertiary/aromatic N) is 3. The van der Waals surface area contributed by atoms with E-state index in [0.717, 1.165) is 24.6 Å². The first-order valence-corrected chi connectivity index (χ1v) is 7.49. The van der Waals surface area contributed by atoms with Gasteiger partial charge in [0.2, 0.25) is 5.82 Å². The van der Waals surface area contributed by atoms with Gasteiger partial charge in [0, 0.05) is 11.8 Å². The fraction of sp³-hybridized carbons (Fsp3) is 0.312. The Balaban J connectivity index is 2.16. The van der Waals surface area contributed by atoms with Gasteiger partial charge in [-0.15, -0.1) is 0 Å². The number of rotatable bonds is 7. The summed E-state index contributed by atoms with van der Waals surface area (Å²) < 4.78 is 24.3. The summed E-state index contributed by atoms with van der Waals surface area (Å²) in [6.07, 6.45) is 5.76. The summed E-state index contributed by atoms with van der Waals surface area (Å²) in [6, 6.07) is 3.39. The Kier molecular flexibility index (Phi) is 6.29. The average molecular weight is 338 g/mol. The number of methoxy groups -OCH3 is 1. The van der Waals surface area contributed by atoms with E-state index < -0.39 is 5.82 Å². The molecule has 0 saturated heterocycles. The zero-order chi connectivity index (χ0) is 16.7. The number of allylic oxidation sites excluding steroid dienone is 1. The average Bonchev–Trinajstić information content (AvgIpc) is 2.55. The zero-order valence-electron chi connectivity index (χ0n) is 12.9. The van der Waals surface area contributed by atoms with Gasteiger partial charge in [0.1, 0.15) is 6.61 Å². The molecular formula is C16H17ClFN3O2. The molecule has 7 heteroatoms. The summed E-state index contributed by atoms with van der Waals surface area (Å²) in [5.41, 5.74) is 1.40. The van der Waals surface area contributed by atoms with Gasteiger partial charge in [-0.05, 0) is 18.6 Å². The second-order valence-electron chi connectivity index (χ2n) is 4.73. The van der Waals surface area contributed by atoms with E-state index in [0.29, 0.717) is 16.5 Å². The summed E-state index contributed by atoms with van der Waals surface area (Å²) in [6.45, 7) is 2.11. The number of ether oxygens (including phenoxy) is 2. The molecule has 5 nitrogen and oxygen atoms in total. The lowest BCUT2D eigenvalue weighted by molar-refractivity contribution is 0.271. The van der Waals surface area contributed by atoms with Gasteiger partial charge >= 0.3 is 0 Å². The van der Waals surface area contributed by atoms with Crippen LogP contribution in [0.25, 0.3) is 5.57 Å². The molecule has 0 amide bonds. The predicted octanol–water partition coefficient (Wildman–Crippen LogP) is 4.03. The van der Waals surface area contributed by atoms with Crippen molar-refractivity contribution >= 4 is 17.2 Å². The zero-order valence-corrected chi connectivity index (χ0v) is 13.7. The Labute approximate surface area is 139 Å². The first-order valence-electron chi connectivity index (χ1n) is 7.12. The molecule has 2 rings (SSSR count). The molecule has 0 aromatic carbocycles. The van der Waals surface area contributed by atoms with E-state index in [1.165, 1.54) is 6.20 Å². The van der Waals surface area contributed by atoms with Crippen LogP contribution in [0, 0.1) is 5.82 Å². The number of aromatic nitrogens is 3. The monoisotopic (exact) mass is 337 g/mol. The highest BCUT2D eigenvalue weighted by Crippen LogP contribution is 2.21. The number of hydrogen-bond acceptors (Lipinski definition) is 5. The Morgan fingerprint density at radius 2 is 2.13 bits per heavy atom. The van der Waals surface area contributed by atoms with Crippen LogP contribution in [0.15, 0.2) is 30.8 Å². The fourth-order valence-electron chi connectivity index (χ4n) is 1.88. The lowest BCUT2D eigenvalue weighted by atomic mass is 10.1. The highest BCUT2D eigenvalue weighted by molar-refractivity contribution is 6.30. The summed E-state index contributed by atoms with van der Waals surface area (Å²) in [5.74, 6) is -0.366. The Hall–Kier alpha value is -2.21. The smallest absolute Gasteiger partial charge is 0.254 e. The van der Waals surface area contributed by atoms with Crippen LogP contribution in [-0.2, 0) is 11.3 Å². The topological polar surface area (TPSA) is 57.1 Å². The van der Waals surface area contributed by atoms with Crippen LogP contribution in [-0.4, -0.2) is 22.1 Å². The molecule has 0 aliphatic rings. The summed E-state index contributed by atoms with van der Waals surface area (Å²) >= 11 is 5.77. The van der Waals surface area contributed by atoms with Gasteiger partial charge in [-0.2, -0.15) is 9.37 Å². The molecule has 0 unspecified atom stereocenters. The first kappa shape index (κ1) is 17.1. The summed E-state index contributed by atoms with van der Waals surface area (Å²) in [4.78, 5) is 12.2. The van der Waals surface area contributed by atoms with Crippen LogP contribution in [0.5, 0.6) is 5.88 Å². The van der Waals surface area contributed by atoms with E-state index >= 15 is 0 Å². The molecule has 0 aliphatic heterocycles. The molecule has 0 fully saturated rings. The molecule has 2 aromatic heterocycles. The van der Waals surface area contributed by atoms with Gasteiger partial charge in [0.25, 0.3) is 5.88 Å². The highest BCUT2D eigenvalue weighted by atomic mass is 35.5. The maximum Gasteiger partial charge on any atom is 0.254 e. The lowest BCUT2D eigenvalue weighted by Crippen LogP contribution is -2.05. The van der Waals surface area contributed by atoms with Crippen molar-refractivity contribution in [1.29, 1.82) is 0 Å². The largest absolute Gasteiger partial charge is 0.504 e. The predicted molar refractivity (Wildman–Crippen MR) is 85.5 cm³/mol. The van der Waals surface area contributed by atoms with Gasteiger partial charge in [-0.25, -0.2) is 4.98 Å². The quantitative estimate of drug-likeness (QED) is 0.714. The van der Waals surface area contributed by atoms with Crippen LogP contribution >= 0.6 is 11.6 Å². The third kappa shape index (κ3) is 4.89. The van der Waals surface area contributed by atoms with E-state index in [-0.39, 0.29) is 12.5 Å². The van der Waals surface area contributed by atoms with Crippen molar-refractivity contribution in [1.82, 2.24) is 15.0 Å². The molecule has 23 heavy (non-hydrogen) atoms. The van der Waals surface area contributed by atoms with Crippen molar-refractivity contribution in [2.24, 2.45) is 0 Å². The minimum Gasteiger partial charge on any atom is -0.504 e. The Morgan fingerprint density at radius 1 is 1.30 bits per heavy atom. The summed E-state index contributed by atoms with van der Waals surface area (Å²) in [5, 5.41) is 0.526. The van der Waals surface area contributed by atoms with Crippen LogP contribution < -0.4 is 4.74 Å². The SMILES string of the molecule is CCC/C(=C\OC)c1ncc(F)c(OCc2ccc(Cl)cn2)n1. The molecule has 0 atom stereocenters. The van der Waals surface area contributed by atoms with Crippen molar-refractivity contribution in [3.05, 3.63) is 53.1 Å². The van der Waals surface area contributed by atoms with E-state index in [4.69, 9.17) is 21.1 Å². The molecule has 0 N–H and O–H groups in total. The molecule has 122 valence electrons. The number of pyridine rings is 1. The maximum atomic E-state index is 13.8. The van der Waals surface area contributed by atoms with Crippen molar-refractivity contribution in [3.8, 4) is 5.88 Å². The second-order valence-corrected chi connectivity index (χ2v) is 5.17. The normalized spacial score (nSPS) is 11.4. The second kappa shape index (κ2) is 8.43. The molecule has 0 saturated carbocycles. The van der Waals surface area contributed by atoms with E-state index in [9.17, 15) is 4.39 Å². The third-order valence-electron chi connectivity index (χ3n) is 2.92. The van der Waals surface area contributed by atoms with Gasteiger partial charge < -0.3 is 9.47 Å². The van der Waals surface area contributed by atoms with Crippen molar-refractivity contribution in [3.63, 3.8) is 0 Å². The third-order valence-corrected chi connectivity index (χ3v) is 3.15. The fourth-order valence-corrected chi connectivity index (χ4v) is 1.99. The van der Waals surface area contributed by atoms with E-state index in [1.54, 1.807) is 25.5 Å². The molecule has 0 bridgehead atoms. The van der Waals surface area contributed by atoms with E-state index in [1.807, 2.05) is 6.92 Å². The Bertz CT molecular complexity index is 678. The van der Waals surface area contributed by atoms with Gasteiger partial charge in [0.05, 0.1) is 30.3 Å². The van der Waals surface area contributed by atoms with E-state index in [2.05, 4.69) is 15.0 Å². The minimum atomic E-state index is -0.629. The highest BCUT2D eigenvalue weighted by Gasteiger charge is 2.12. The molecule has 0 radical (unpaired) electrons. The van der Waals surface area contributed by atoms with Crippen molar-refractivity contribution in [2.45, 2.75) is 26.4 Å². The first-order chi connectivity index (χ1) is 11.1. The lowest BCUT2D eigenvalue weighted by Gasteiger charge is -2.09. The molecule has 2 aromatic rings. The maximum absolute atomic E-state index is 13.8. The van der Waals surface area contributed by atoms with Gasteiger partial charge in [0.15, 0.2) is 5.82 Å². The Morgan fingerprint density at radius 3 is 2.78 bits per heavy atom. The number of halogens is 2.